The van der Waals surface area contributed by atoms with Crippen LogP contribution in [0.25, 0.3) is 11.0 Å². The van der Waals surface area contributed by atoms with Gasteiger partial charge in [-0.15, -0.1) is 5.10 Å². The second-order valence-electron chi connectivity index (χ2n) is 10.7. The van der Waals surface area contributed by atoms with Crippen molar-refractivity contribution in [2.75, 3.05) is 30.4 Å². The maximum atomic E-state index is 14.4. The molecule has 1 saturated carbocycles. The molecular formula is C29H30F3N7O2. The molecule has 1 saturated heterocycles. The average Bonchev–Trinajstić information content (AvgIpc) is 3.71. The van der Waals surface area contributed by atoms with Gasteiger partial charge in [-0.2, -0.15) is 13.2 Å². The van der Waals surface area contributed by atoms with E-state index in [4.69, 9.17) is 4.42 Å². The van der Waals surface area contributed by atoms with Crippen LogP contribution in [0.15, 0.2) is 53.2 Å². The molecule has 0 radical (unpaired) electrons. The molecule has 2 aliphatic rings. The number of halogens is 3. The van der Waals surface area contributed by atoms with Crippen molar-refractivity contribution >= 4 is 34.3 Å². The van der Waals surface area contributed by atoms with Crippen molar-refractivity contribution in [3.05, 3.63) is 65.8 Å². The average molecular weight is 566 g/mol. The van der Waals surface area contributed by atoms with Gasteiger partial charge < -0.3 is 19.5 Å². The van der Waals surface area contributed by atoms with Gasteiger partial charge in [-0.1, -0.05) is 17.2 Å². The SMILES string of the molecule is Cc1nnc(N2CCC(C(=O)N(C)[C@@H](c3ccc(Nc4cnc5cccnc5c4C4CC4)cc3)C(F)(F)F)CC2)o1. The van der Waals surface area contributed by atoms with Gasteiger partial charge in [-0.3, -0.25) is 14.8 Å². The Bertz CT molecular complexity index is 1540. The van der Waals surface area contributed by atoms with E-state index in [0.717, 1.165) is 40.0 Å². The number of carbonyl (C=O) groups is 1. The molecule has 4 aromatic rings. The molecule has 0 unspecified atom stereocenters. The lowest BCUT2D eigenvalue weighted by Crippen LogP contribution is -2.45. The van der Waals surface area contributed by atoms with Crippen LogP contribution in [0.5, 0.6) is 0 Å². The normalized spacial score (nSPS) is 17.0. The smallest absolute Gasteiger partial charge is 0.408 e. The fourth-order valence-corrected chi connectivity index (χ4v) is 5.61. The minimum absolute atomic E-state index is 0.00149. The Balaban J connectivity index is 1.17. The summed E-state index contributed by atoms with van der Waals surface area (Å²) in [6.07, 6.45) is 1.77. The first-order valence-electron chi connectivity index (χ1n) is 13.7. The van der Waals surface area contributed by atoms with Gasteiger partial charge in [0, 0.05) is 50.4 Å². The van der Waals surface area contributed by atoms with Crippen LogP contribution in [-0.4, -0.2) is 57.3 Å². The molecule has 0 bridgehead atoms. The molecule has 6 rings (SSSR count). The summed E-state index contributed by atoms with van der Waals surface area (Å²) in [5.41, 5.74) is 4.16. The van der Waals surface area contributed by atoms with E-state index in [-0.39, 0.29) is 5.56 Å². The lowest BCUT2D eigenvalue weighted by atomic mass is 9.94. The molecule has 214 valence electrons. The van der Waals surface area contributed by atoms with Crippen molar-refractivity contribution in [2.45, 2.75) is 50.7 Å². The number of aromatic nitrogens is 4. The van der Waals surface area contributed by atoms with Gasteiger partial charge in [-0.05, 0) is 61.4 Å². The zero-order valence-corrected chi connectivity index (χ0v) is 22.7. The lowest BCUT2D eigenvalue weighted by molar-refractivity contribution is -0.190. The molecule has 0 spiro atoms. The van der Waals surface area contributed by atoms with Crippen LogP contribution in [0.1, 0.15) is 54.7 Å². The lowest BCUT2D eigenvalue weighted by Gasteiger charge is -2.36. The molecule has 1 aromatic carbocycles. The molecule has 41 heavy (non-hydrogen) atoms. The van der Waals surface area contributed by atoms with Crippen LogP contribution < -0.4 is 10.2 Å². The summed E-state index contributed by atoms with van der Waals surface area (Å²) in [6, 6.07) is 8.13. The van der Waals surface area contributed by atoms with E-state index in [2.05, 4.69) is 25.5 Å². The number of hydrogen-bond acceptors (Lipinski definition) is 8. The summed E-state index contributed by atoms with van der Waals surface area (Å²) in [5.74, 6) is -0.239. The summed E-state index contributed by atoms with van der Waals surface area (Å²) < 4.78 is 48.5. The number of hydrogen-bond donors (Lipinski definition) is 1. The van der Waals surface area contributed by atoms with Crippen molar-refractivity contribution in [3.8, 4) is 0 Å². The third-order valence-corrected chi connectivity index (χ3v) is 7.83. The first-order chi connectivity index (χ1) is 19.7. The van der Waals surface area contributed by atoms with Crippen molar-refractivity contribution in [2.24, 2.45) is 5.92 Å². The van der Waals surface area contributed by atoms with E-state index in [0.29, 0.717) is 49.4 Å². The van der Waals surface area contributed by atoms with Gasteiger partial charge in [-0.25, -0.2) is 0 Å². The fourth-order valence-electron chi connectivity index (χ4n) is 5.61. The molecule has 1 amide bonds. The number of rotatable bonds is 7. The number of pyridine rings is 2. The van der Waals surface area contributed by atoms with Crippen LogP contribution in [0.4, 0.5) is 30.6 Å². The maximum Gasteiger partial charge on any atom is 0.413 e. The highest BCUT2D eigenvalue weighted by Gasteiger charge is 2.46. The molecule has 2 fully saturated rings. The summed E-state index contributed by atoms with van der Waals surface area (Å²) in [5, 5.41) is 11.1. The topological polar surface area (TPSA) is 100 Å². The number of fused-ring (bicyclic) bond motifs is 1. The number of alkyl halides is 3. The van der Waals surface area contributed by atoms with Gasteiger partial charge in [0.25, 0.3) is 0 Å². The summed E-state index contributed by atoms with van der Waals surface area (Å²) >= 11 is 0. The monoisotopic (exact) mass is 565 g/mol. The standard InChI is InChI=1S/C29H30F3N7O2/c1-17-36-37-28(41-17)39-14-11-20(12-15-39)27(40)38(2)26(29(30,31)32)19-7-9-21(10-8-19)35-23-16-34-22-4-3-13-33-25(22)24(23)18-5-6-18/h3-4,7-10,13,16,18,20,26,35H,5-6,11-12,14-15H2,1-2H3/t26-/m0/s1. The summed E-state index contributed by atoms with van der Waals surface area (Å²) in [7, 11) is 1.23. The first-order valence-corrected chi connectivity index (χ1v) is 13.7. The van der Waals surface area contributed by atoms with Crippen molar-refractivity contribution in [3.63, 3.8) is 0 Å². The quantitative estimate of drug-likeness (QED) is 0.295. The highest BCUT2D eigenvalue weighted by atomic mass is 19.4. The van der Waals surface area contributed by atoms with E-state index < -0.39 is 24.0 Å². The Kier molecular flexibility index (Phi) is 7.00. The van der Waals surface area contributed by atoms with Gasteiger partial charge >= 0.3 is 12.2 Å². The zero-order chi connectivity index (χ0) is 28.7. The predicted octanol–water partition coefficient (Wildman–Crippen LogP) is 5.92. The van der Waals surface area contributed by atoms with Crippen molar-refractivity contribution in [1.29, 1.82) is 0 Å². The van der Waals surface area contributed by atoms with E-state index >= 15 is 0 Å². The number of benzene rings is 1. The number of nitrogens with one attached hydrogen (secondary N) is 1. The van der Waals surface area contributed by atoms with Gasteiger partial charge in [0.05, 0.1) is 22.9 Å². The minimum atomic E-state index is -4.64. The Morgan fingerprint density at radius 1 is 1.07 bits per heavy atom. The van der Waals surface area contributed by atoms with E-state index in [9.17, 15) is 18.0 Å². The van der Waals surface area contributed by atoms with Gasteiger partial charge in [0.15, 0.2) is 6.04 Å². The highest BCUT2D eigenvalue weighted by molar-refractivity contribution is 5.85. The van der Waals surface area contributed by atoms with Crippen LogP contribution in [0, 0.1) is 12.8 Å². The van der Waals surface area contributed by atoms with E-state index in [1.165, 1.54) is 19.2 Å². The first kappa shape index (κ1) is 27.0. The van der Waals surface area contributed by atoms with E-state index in [1.807, 2.05) is 17.0 Å². The van der Waals surface area contributed by atoms with Gasteiger partial charge in [0.1, 0.15) is 0 Å². The van der Waals surface area contributed by atoms with Crippen LogP contribution in [0.3, 0.4) is 0 Å². The molecule has 3 aromatic heterocycles. The molecule has 1 aliphatic carbocycles. The second kappa shape index (κ2) is 10.6. The summed E-state index contributed by atoms with van der Waals surface area (Å²) in [4.78, 5) is 25.0. The third-order valence-electron chi connectivity index (χ3n) is 7.83. The Morgan fingerprint density at radius 3 is 2.44 bits per heavy atom. The molecule has 9 nitrogen and oxygen atoms in total. The zero-order valence-electron chi connectivity index (χ0n) is 22.7. The number of nitrogens with zero attached hydrogens (tertiary/aromatic N) is 6. The fraction of sp³-hybridized carbons (Fsp3) is 0.414. The Morgan fingerprint density at radius 2 is 1.80 bits per heavy atom. The van der Waals surface area contributed by atoms with Crippen molar-refractivity contribution in [1.82, 2.24) is 25.1 Å². The van der Waals surface area contributed by atoms with Crippen molar-refractivity contribution < 1.29 is 22.4 Å². The minimum Gasteiger partial charge on any atom is -0.408 e. The molecule has 1 aliphatic heterocycles. The third kappa shape index (κ3) is 5.55. The number of amides is 1. The van der Waals surface area contributed by atoms with Crippen LogP contribution >= 0.6 is 0 Å². The number of piperidine rings is 1. The maximum absolute atomic E-state index is 14.4. The molecule has 4 heterocycles. The number of anilines is 3. The second-order valence-corrected chi connectivity index (χ2v) is 10.7. The summed E-state index contributed by atoms with van der Waals surface area (Å²) in [6.45, 7) is 2.58. The Labute approximate surface area is 234 Å². The molecular weight excluding hydrogens is 535 g/mol. The van der Waals surface area contributed by atoms with Crippen LogP contribution in [0.2, 0.25) is 0 Å². The number of aryl methyl sites for hydroxylation is 1. The molecule has 1 atom stereocenters. The Hall–Kier alpha value is -4.22. The van der Waals surface area contributed by atoms with E-state index in [1.54, 1.807) is 31.5 Å². The number of carbonyl (C=O) groups excluding carboxylic acids is 1. The van der Waals surface area contributed by atoms with Gasteiger partial charge in [0.2, 0.25) is 11.8 Å². The largest absolute Gasteiger partial charge is 0.413 e. The molecule has 12 heteroatoms. The molecule has 1 N–H and O–H groups in total. The highest BCUT2D eigenvalue weighted by Crippen LogP contribution is 2.46. The predicted molar refractivity (Wildman–Crippen MR) is 147 cm³/mol. The van der Waals surface area contributed by atoms with Crippen LogP contribution in [-0.2, 0) is 4.79 Å².